The summed E-state index contributed by atoms with van der Waals surface area (Å²) in [6, 6.07) is 7.80. The third-order valence-electron chi connectivity index (χ3n) is 3.42. The normalized spacial score (nSPS) is 20.3. The molecule has 1 heterocycles. The summed E-state index contributed by atoms with van der Waals surface area (Å²) in [4.78, 5) is 13.7. The maximum absolute atomic E-state index is 11.9. The Morgan fingerprint density at radius 2 is 2.37 bits per heavy atom. The Hall–Kier alpha value is -1.75. The van der Waals surface area contributed by atoms with Crippen molar-refractivity contribution in [3.8, 4) is 5.75 Å². The van der Waals surface area contributed by atoms with Crippen molar-refractivity contribution >= 4 is 6.03 Å². The lowest BCUT2D eigenvalue weighted by atomic mass is 10.1. The van der Waals surface area contributed by atoms with Gasteiger partial charge >= 0.3 is 6.03 Å². The molecular formula is C14H21N3O2. The van der Waals surface area contributed by atoms with E-state index in [0.29, 0.717) is 25.6 Å². The molecule has 1 fully saturated rings. The van der Waals surface area contributed by atoms with Gasteiger partial charge in [-0.25, -0.2) is 4.79 Å². The number of hydrogen-bond donors (Lipinski definition) is 2. The average Bonchev–Trinajstić information content (AvgIpc) is 2.80. The molecule has 1 saturated heterocycles. The second-order valence-corrected chi connectivity index (χ2v) is 5.02. The van der Waals surface area contributed by atoms with E-state index in [1.54, 1.807) is 7.11 Å². The highest BCUT2D eigenvalue weighted by atomic mass is 16.5. The molecule has 5 nitrogen and oxygen atoms in total. The van der Waals surface area contributed by atoms with E-state index >= 15 is 0 Å². The maximum atomic E-state index is 11.9. The van der Waals surface area contributed by atoms with E-state index in [4.69, 9.17) is 10.5 Å². The molecule has 1 aliphatic rings. The third-order valence-corrected chi connectivity index (χ3v) is 3.42. The lowest BCUT2D eigenvalue weighted by Gasteiger charge is -2.18. The summed E-state index contributed by atoms with van der Waals surface area (Å²) in [5, 5.41) is 2.99. The van der Waals surface area contributed by atoms with Gasteiger partial charge in [0.15, 0.2) is 0 Å². The maximum Gasteiger partial charge on any atom is 0.318 e. The van der Waals surface area contributed by atoms with Gasteiger partial charge in [-0.3, -0.25) is 0 Å². The predicted molar refractivity (Wildman–Crippen MR) is 74.1 cm³/mol. The van der Waals surface area contributed by atoms with Crippen LogP contribution in [-0.4, -0.2) is 37.7 Å². The van der Waals surface area contributed by atoms with Crippen LogP contribution in [0.1, 0.15) is 18.5 Å². The van der Waals surface area contributed by atoms with Crippen molar-refractivity contribution in [3.05, 3.63) is 29.8 Å². The smallest absolute Gasteiger partial charge is 0.318 e. The molecule has 0 radical (unpaired) electrons. The van der Waals surface area contributed by atoms with Gasteiger partial charge in [-0.05, 0) is 30.2 Å². The number of nitrogens with two attached hydrogens (primary N) is 1. The zero-order chi connectivity index (χ0) is 13.8. The van der Waals surface area contributed by atoms with E-state index < -0.39 is 0 Å². The SMILES string of the molecule is COc1cccc(C2CN(CC(C)CN)C(=O)N2)c1. The summed E-state index contributed by atoms with van der Waals surface area (Å²) < 4.78 is 5.21. The summed E-state index contributed by atoms with van der Waals surface area (Å²) >= 11 is 0. The molecular weight excluding hydrogens is 242 g/mol. The third kappa shape index (κ3) is 3.17. The molecule has 2 amide bonds. The number of nitrogens with one attached hydrogen (secondary N) is 1. The van der Waals surface area contributed by atoms with Crippen molar-refractivity contribution in [1.82, 2.24) is 10.2 Å². The van der Waals surface area contributed by atoms with Gasteiger partial charge in [0.1, 0.15) is 5.75 Å². The number of nitrogens with zero attached hydrogens (tertiary/aromatic N) is 1. The highest BCUT2D eigenvalue weighted by Gasteiger charge is 2.30. The van der Waals surface area contributed by atoms with Crippen LogP contribution in [0.15, 0.2) is 24.3 Å². The number of rotatable bonds is 5. The van der Waals surface area contributed by atoms with E-state index in [-0.39, 0.29) is 12.1 Å². The highest BCUT2D eigenvalue weighted by Crippen LogP contribution is 2.24. The zero-order valence-electron chi connectivity index (χ0n) is 11.4. The molecule has 5 heteroatoms. The second-order valence-electron chi connectivity index (χ2n) is 5.02. The van der Waals surface area contributed by atoms with Gasteiger partial charge in [0.05, 0.1) is 13.2 Å². The standard InChI is InChI=1S/C14H21N3O2/c1-10(7-15)8-17-9-13(16-14(17)18)11-4-3-5-12(6-11)19-2/h3-6,10,13H,7-9,15H2,1-2H3,(H,16,18). The number of urea groups is 1. The van der Waals surface area contributed by atoms with Crippen molar-refractivity contribution < 1.29 is 9.53 Å². The van der Waals surface area contributed by atoms with Crippen molar-refractivity contribution in [2.24, 2.45) is 11.7 Å². The fraction of sp³-hybridized carbons (Fsp3) is 0.500. The monoisotopic (exact) mass is 263 g/mol. The number of carbonyl (C=O) groups excluding carboxylic acids is 1. The summed E-state index contributed by atoms with van der Waals surface area (Å²) in [6.45, 7) is 4.01. The number of carbonyl (C=O) groups is 1. The van der Waals surface area contributed by atoms with E-state index in [1.165, 1.54) is 0 Å². The van der Waals surface area contributed by atoms with Crippen molar-refractivity contribution in [2.75, 3.05) is 26.7 Å². The van der Waals surface area contributed by atoms with Crippen LogP contribution >= 0.6 is 0 Å². The molecule has 0 aromatic heterocycles. The largest absolute Gasteiger partial charge is 0.497 e. The first-order valence-corrected chi connectivity index (χ1v) is 6.53. The van der Waals surface area contributed by atoms with Crippen LogP contribution in [-0.2, 0) is 0 Å². The van der Waals surface area contributed by atoms with Crippen LogP contribution < -0.4 is 15.8 Å². The van der Waals surface area contributed by atoms with Gasteiger partial charge in [0, 0.05) is 13.1 Å². The topological polar surface area (TPSA) is 67.6 Å². The first kappa shape index (κ1) is 13.7. The van der Waals surface area contributed by atoms with E-state index in [0.717, 1.165) is 11.3 Å². The Morgan fingerprint density at radius 3 is 3.05 bits per heavy atom. The Bertz CT molecular complexity index is 450. The van der Waals surface area contributed by atoms with Crippen molar-refractivity contribution in [3.63, 3.8) is 0 Å². The number of ether oxygens (including phenoxy) is 1. The molecule has 0 spiro atoms. The Morgan fingerprint density at radius 1 is 1.58 bits per heavy atom. The van der Waals surface area contributed by atoms with Crippen molar-refractivity contribution in [2.45, 2.75) is 13.0 Å². The first-order chi connectivity index (χ1) is 9.13. The minimum absolute atomic E-state index is 0.0203. The average molecular weight is 263 g/mol. The van der Waals surface area contributed by atoms with E-state index in [1.807, 2.05) is 36.1 Å². The Kier molecular flexibility index (Phi) is 4.27. The zero-order valence-corrected chi connectivity index (χ0v) is 11.4. The summed E-state index contributed by atoms with van der Waals surface area (Å²) in [5.74, 6) is 1.12. The van der Waals surface area contributed by atoms with E-state index in [9.17, 15) is 4.79 Å². The van der Waals surface area contributed by atoms with Gasteiger partial charge in [-0.1, -0.05) is 19.1 Å². The van der Waals surface area contributed by atoms with Gasteiger partial charge in [-0.2, -0.15) is 0 Å². The number of amides is 2. The first-order valence-electron chi connectivity index (χ1n) is 6.53. The summed E-state index contributed by atoms with van der Waals surface area (Å²) in [7, 11) is 1.64. The fourth-order valence-corrected chi connectivity index (χ4v) is 2.24. The molecule has 0 bridgehead atoms. The molecule has 19 heavy (non-hydrogen) atoms. The summed E-state index contributed by atoms with van der Waals surface area (Å²) in [5.41, 5.74) is 6.67. The molecule has 3 N–H and O–H groups in total. The molecule has 0 saturated carbocycles. The number of methoxy groups -OCH3 is 1. The fourth-order valence-electron chi connectivity index (χ4n) is 2.24. The molecule has 0 aliphatic carbocycles. The molecule has 2 unspecified atom stereocenters. The molecule has 2 rings (SSSR count). The predicted octanol–water partition coefficient (Wildman–Crippen LogP) is 1.36. The molecule has 1 aromatic carbocycles. The number of benzene rings is 1. The van der Waals surface area contributed by atoms with Crippen LogP contribution in [0.5, 0.6) is 5.75 Å². The van der Waals surface area contributed by atoms with Gasteiger partial charge < -0.3 is 20.7 Å². The molecule has 2 atom stereocenters. The molecule has 1 aromatic rings. The van der Waals surface area contributed by atoms with Crippen LogP contribution in [0.4, 0.5) is 4.79 Å². The van der Waals surface area contributed by atoms with Crippen LogP contribution in [0.25, 0.3) is 0 Å². The lowest BCUT2D eigenvalue weighted by Crippen LogP contribution is -2.34. The van der Waals surface area contributed by atoms with Crippen LogP contribution in [0.2, 0.25) is 0 Å². The van der Waals surface area contributed by atoms with E-state index in [2.05, 4.69) is 5.32 Å². The Balaban J connectivity index is 2.05. The van der Waals surface area contributed by atoms with Gasteiger partial charge in [-0.15, -0.1) is 0 Å². The highest BCUT2D eigenvalue weighted by molar-refractivity contribution is 5.77. The molecule has 1 aliphatic heterocycles. The quantitative estimate of drug-likeness (QED) is 0.842. The molecule has 104 valence electrons. The van der Waals surface area contributed by atoms with Gasteiger partial charge in [0.2, 0.25) is 0 Å². The number of hydrogen-bond acceptors (Lipinski definition) is 3. The van der Waals surface area contributed by atoms with Crippen LogP contribution in [0, 0.1) is 5.92 Å². The summed E-state index contributed by atoms with van der Waals surface area (Å²) in [6.07, 6.45) is 0. The van der Waals surface area contributed by atoms with Gasteiger partial charge in [0.25, 0.3) is 0 Å². The lowest BCUT2D eigenvalue weighted by molar-refractivity contribution is 0.211. The Labute approximate surface area is 113 Å². The van der Waals surface area contributed by atoms with Crippen LogP contribution in [0.3, 0.4) is 0 Å². The van der Waals surface area contributed by atoms with Crippen molar-refractivity contribution in [1.29, 1.82) is 0 Å². The minimum atomic E-state index is -0.0203. The second kappa shape index (κ2) is 5.93. The minimum Gasteiger partial charge on any atom is -0.497 e.